The Morgan fingerprint density at radius 1 is 1.18 bits per heavy atom. The standard InChI is InChI=1S/C26H33NO7/c1-8-14(3)34-26(30)21-15(4)27-18-11-13(2)20(25(29)33-7)24(28)23(18)22(21)17-10-9-16(31-5)12-19(17)32-6/h9-10,12-14,20,22,27H,8,11H2,1-7H3/t13-,14-,20-,22+/m0/s1. The lowest BCUT2D eigenvalue weighted by Crippen LogP contribution is -2.43. The number of allylic oxidation sites excluding steroid dienone is 3. The Hall–Kier alpha value is -3.29. The van der Waals surface area contributed by atoms with Crippen LogP contribution in [0, 0.1) is 11.8 Å². The third-order valence-electron chi connectivity index (χ3n) is 6.60. The number of rotatable bonds is 7. The van der Waals surface area contributed by atoms with Gasteiger partial charge < -0.3 is 24.3 Å². The normalized spacial score (nSPS) is 23.0. The summed E-state index contributed by atoms with van der Waals surface area (Å²) in [5.41, 5.74) is 2.58. The molecule has 0 bridgehead atoms. The molecule has 1 aliphatic heterocycles. The Balaban J connectivity index is 2.24. The third-order valence-corrected chi connectivity index (χ3v) is 6.60. The molecule has 1 aromatic rings. The molecule has 8 nitrogen and oxygen atoms in total. The second-order valence-corrected chi connectivity index (χ2v) is 8.77. The first-order valence-corrected chi connectivity index (χ1v) is 11.4. The lowest BCUT2D eigenvalue weighted by atomic mass is 9.69. The van der Waals surface area contributed by atoms with E-state index in [0.29, 0.717) is 52.4 Å². The monoisotopic (exact) mass is 471 g/mol. The number of methoxy groups -OCH3 is 3. The zero-order chi connectivity index (χ0) is 25.2. The molecule has 1 aliphatic carbocycles. The number of carbonyl (C=O) groups excluding carboxylic acids is 3. The number of ketones is 1. The van der Waals surface area contributed by atoms with E-state index in [1.807, 2.05) is 20.8 Å². The molecular formula is C26H33NO7. The first-order valence-electron chi connectivity index (χ1n) is 11.4. The van der Waals surface area contributed by atoms with Gasteiger partial charge in [-0.1, -0.05) is 19.9 Å². The molecule has 1 heterocycles. The van der Waals surface area contributed by atoms with Crippen molar-refractivity contribution < 1.29 is 33.3 Å². The van der Waals surface area contributed by atoms with Crippen LogP contribution in [0.15, 0.2) is 40.7 Å². The molecule has 3 rings (SSSR count). The average Bonchev–Trinajstić information content (AvgIpc) is 2.82. The van der Waals surface area contributed by atoms with Gasteiger partial charge in [-0.3, -0.25) is 9.59 Å². The van der Waals surface area contributed by atoms with Gasteiger partial charge in [-0.2, -0.15) is 0 Å². The fourth-order valence-corrected chi connectivity index (χ4v) is 4.65. The first kappa shape index (κ1) is 25.3. The molecular weight excluding hydrogens is 438 g/mol. The van der Waals surface area contributed by atoms with E-state index in [9.17, 15) is 14.4 Å². The molecule has 1 aromatic carbocycles. The molecule has 4 atom stereocenters. The summed E-state index contributed by atoms with van der Waals surface area (Å²) in [6.45, 7) is 7.38. The van der Waals surface area contributed by atoms with Gasteiger partial charge in [0.05, 0.1) is 38.9 Å². The molecule has 0 saturated carbocycles. The van der Waals surface area contributed by atoms with Crippen molar-refractivity contribution in [1.29, 1.82) is 0 Å². The fraction of sp³-hybridized carbons (Fsp3) is 0.500. The van der Waals surface area contributed by atoms with Gasteiger partial charge in [0.1, 0.15) is 17.4 Å². The van der Waals surface area contributed by atoms with Crippen LogP contribution in [0.3, 0.4) is 0 Å². The molecule has 0 saturated heterocycles. The Labute approximate surface area is 200 Å². The van der Waals surface area contributed by atoms with Crippen LogP contribution in [0.25, 0.3) is 0 Å². The number of hydrogen-bond acceptors (Lipinski definition) is 8. The van der Waals surface area contributed by atoms with E-state index in [4.69, 9.17) is 18.9 Å². The lowest BCUT2D eigenvalue weighted by Gasteiger charge is -2.38. The number of ether oxygens (including phenoxy) is 4. The summed E-state index contributed by atoms with van der Waals surface area (Å²) >= 11 is 0. The van der Waals surface area contributed by atoms with Crippen molar-refractivity contribution in [2.24, 2.45) is 11.8 Å². The van der Waals surface area contributed by atoms with Crippen molar-refractivity contribution >= 4 is 17.7 Å². The Kier molecular flexibility index (Phi) is 7.69. The number of dihydropyridines is 1. The zero-order valence-electron chi connectivity index (χ0n) is 20.8. The van der Waals surface area contributed by atoms with Crippen LogP contribution >= 0.6 is 0 Å². The van der Waals surface area contributed by atoms with E-state index in [2.05, 4.69) is 5.32 Å². The fourth-order valence-electron chi connectivity index (χ4n) is 4.65. The molecule has 0 spiro atoms. The largest absolute Gasteiger partial charge is 0.497 e. The number of carbonyl (C=O) groups is 3. The topological polar surface area (TPSA) is 100 Å². The second kappa shape index (κ2) is 10.3. The summed E-state index contributed by atoms with van der Waals surface area (Å²) in [6.07, 6.45) is 0.809. The van der Waals surface area contributed by atoms with E-state index in [-0.39, 0.29) is 17.8 Å². The van der Waals surface area contributed by atoms with E-state index < -0.39 is 23.8 Å². The van der Waals surface area contributed by atoms with Gasteiger partial charge in [0, 0.05) is 28.6 Å². The van der Waals surface area contributed by atoms with Crippen LogP contribution in [0.4, 0.5) is 0 Å². The molecule has 1 N–H and O–H groups in total. The van der Waals surface area contributed by atoms with E-state index >= 15 is 0 Å². The summed E-state index contributed by atoms with van der Waals surface area (Å²) in [5.74, 6) is -2.43. The van der Waals surface area contributed by atoms with Crippen LogP contribution < -0.4 is 14.8 Å². The predicted molar refractivity (Wildman–Crippen MR) is 125 cm³/mol. The highest BCUT2D eigenvalue weighted by atomic mass is 16.5. The van der Waals surface area contributed by atoms with Crippen molar-refractivity contribution in [3.63, 3.8) is 0 Å². The van der Waals surface area contributed by atoms with Crippen molar-refractivity contribution in [3.8, 4) is 11.5 Å². The molecule has 2 aliphatic rings. The maximum absolute atomic E-state index is 13.8. The lowest BCUT2D eigenvalue weighted by molar-refractivity contribution is -0.151. The summed E-state index contributed by atoms with van der Waals surface area (Å²) in [6, 6.07) is 5.24. The maximum atomic E-state index is 13.8. The van der Waals surface area contributed by atoms with Crippen LogP contribution in [-0.4, -0.2) is 45.2 Å². The number of hydrogen-bond donors (Lipinski definition) is 1. The minimum absolute atomic E-state index is 0.258. The molecule has 34 heavy (non-hydrogen) atoms. The van der Waals surface area contributed by atoms with Crippen molar-refractivity contribution in [3.05, 3.63) is 46.3 Å². The molecule has 8 heteroatoms. The molecule has 0 aromatic heterocycles. The highest BCUT2D eigenvalue weighted by Crippen LogP contribution is 2.48. The van der Waals surface area contributed by atoms with Gasteiger partial charge in [0.2, 0.25) is 0 Å². The second-order valence-electron chi connectivity index (χ2n) is 8.77. The number of nitrogens with one attached hydrogen (secondary N) is 1. The summed E-state index contributed by atoms with van der Waals surface area (Å²) in [5, 5.41) is 3.26. The van der Waals surface area contributed by atoms with Gasteiger partial charge in [0.15, 0.2) is 5.78 Å². The summed E-state index contributed by atoms with van der Waals surface area (Å²) < 4.78 is 21.6. The van der Waals surface area contributed by atoms with Crippen molar-refractivity contribution in [2.75, 3.05) is 21.3 Å². The Morgan fingerprint density at radius 3 is 2.47 bits per heavy atom. The van der Waals surface area contributed by atoms with Gasteiger partial charge >= 0.3 is 11.9 Å². The smallest absolute Gasteiger partial charge is 0.337 e. The SMILES string of the molecule is CC[C@H](C)OC(=O)C1=C(C)NC2=C(C(=O)[C@@H](C(=O)OC)[C@@H](C)C2)[C@@H]1c1ccc(OC)cc1OC. The quantitative estimate of drug-likeness (QED) is 0.475. The van der Waals surface area contributed by atoms with Crippen LogP contribution in [-0.2, 0) is 23.9 Å². The average molecular weight is 472 g/mol. The van der Waals surface area contributed by atoms with E-state index in [0.717, 1.165) is 0 Å². The van der Waals surface area contributed by atoms with Gasteiger partial charge in [-0.05, 0) is 38.7 Å². The Bertz CT molecular complexity index is 1060. The van der Waals surface area contributed by atoms with E-state index in [1.54, 1.807) is 32.2 Å². The van der Waals surface area contributed by atoms with Crippen LogP contribution in [0.1, 0.15) is 52.0 Å². The van der Waals surface area contributed by atoms with Crippen LogP contribution in [0.2, 0.25) is 0 Å². The first-order chi connectivity index (χ1) is 16.2. The Morgan fingerprint density at radius 2 is 1.88 bits per heavy atom. The van der Waals surface area contributed by atoms with Gasteiger partial charge in [0.25, 0.3) is 0 Å². The maximum Gasteiger partial charge on any atom is 0.337 e. The summed E-state index contributed by atoms with van der Waals surface area (Å²) in [4.78, 5) is 39.7. The van der Waals surface area contributed by atoms with Gasteiger partial charge in [-0.25, -0.2) is 4.79 Å². The highest BCUT2D eigenvalue weighted by molar-refractivity contribution is 6.12. The number of esters is 2. The molecule has 0 unspecified atom stereocenters. The van der Waals surface area contributed by atoms with Crippen molar-refractivity contribution in [1.82, 2.24) is 5.32 Å². The highest BCUT2D eigenvalue weighted by Gasteiger charge is 2.48. The molecule has 0 fully saturated rings. The van der Waals surface area contributed by atoms with E-state index in [1.165, 1.54) is 14.2 Å². The minimum atomic E-state index is -0.956. The molecule has 0 amide bonds. The van der Waals surface area contributed by atoms with Crippen molar-refractivity contribution in [2.45, 2.75) is 52.6 Å². The third kappa shape index (κ3) is 4.54. The predicted octanol–water partition coefficient (Wildman–Crippen LogP) is 3.66. The molecule has 184 valence electrons. The number of Topliss-reactive ketones (excluding diaryl/α,β-unsaturated/α-hetero) is 1. The number of benzene rings is 1. The zero-order valence-corrected chi connectivity index (χ0v) is 20.8. The molecule has 0 radical (unpaired) electrons. The summed E-state index contributed by atoms with van der Waals surface area (Å²) in [7, 11) is 4.34. The van der Waals surface area contributed by atoms with Crippen LogP contribution in [0.5, 0.6) is 11.5 Å². The minimum Gasteiger partial charge on any atom is -0.497 e. The van der Waals surface area contributed by atoms with Gasteiger partial charge in [-0.15, -0.1) is 0 Å².